The van der Waals surface area contributed by atoms with Gasteiger partial charge in [0.2, 0.25) is 5.09 Å². The monoisotopic (exact) mass is 230 g/mol. The summed E-state index contributed by atoms with van der Waals surface area (Å²) >= 11 is 1.41. The Morgan fingerprint density at radius 1 is 1.12 bits per heavy atom. The van der Waals surface area contributed by atoms with Gasteiger partial charge in [-0.15, -0.1) is 0 Å². The van der Waals surface area contributed by atoms with E-state index < -0.39 is 0 Å². The van der Waals surface area contributed by atoms with Gasteiger partial charge < -0.3 is 9.52 Å². The second kappa shape index (κ2) is 3.46. The lowest BCUT2D eigenvalue weighted by Gasteiger charge is -1.96. The van der Waals surface area contributed by atoms with Crippen molar-refractivity contribution in [2.45, 2.75) is 5.09 Å². The number of benzene rings is 2. The summed E-state index contributed by atoms with van der Waals surface area (Å²) in [5.74, 6) is 0.244. The molecular weight excluding hydrogens is 220 g/mol. The van der Waals surface area contributed by atoms with Crippen molar-refractivity contribution in [2.75, 3.05) is 6.26 Å². The largest absolute Gasteiger partial charge is 0.503 e. The lowest BCUT2D eigenvalue weighted by molar-refractivity contribution is 0.416. The Balaban J connectivity index is 2.44. The molecule has 0 aliphatic carbocycles. The Morgan fingerprint density at radius 2 is 1.81 bits per heavy atom. The molecule has 0 amide bonds. The van der Waals surface area contributed by atoms with Crippen molar-refractivity contribution in [3.63, 3.8) is 0 Å². The third kappa shape index (κ3) is 1.28. The zero-order valence-electron chi connectivity index (χ0n) is 8.73. The third-order valence-corrected chi connectivity index (χ3v) is 3.33. The van der Waals surface area contributed by atoms with Gasteiger partial charge >= 0.3 is 0 Å². The van der Waals surface area contributed by atoms with E-state index >= 15 is 0 Å². The number of thioether (sulfide) groups is 1. The van der Waals surface area contributed by atoms with Crippen molar-refractivity contribution < 1.29 is 9.52 Å². The maximum atomic E-state index is 9.93. The molecule has 3 heteroatoms. The minimum atomic E-state index is 0.244. The summed E-state index contributed by atoms with van der Waals surface area (Å²) < 4.78 is 5.57. The number of rotatable bonds is 1. The van der Waals surface area contributed by atoms with Crippen LogP contribution in [0.2, 0.25) is 0 Å². The lowest BCUT2D eigenvalue weighted by Crippen LogP contribution is -1.71. The highest BCUT2D eigenvalue weighted by atomic mass is 32.2. The second-order valence-electron chi connectivity index (χ2n) is 3.64. The van der Waals surface area contributed by atoms with Gasteiger partial charge in [-0.2, -0.15) is 0 Å². The molecule has 0 aliphatic rings. The summed E-state index contributed by atoms with van der Waals surface area (Å²) in [4.78, 5) is 0. The predicted octanol–water partition coefficient (Wildman–Crippen LogP) is 4.01. The van der Waals surface area contributed by atoms with Crippen LogP contribution in [0.15, 0.2) is 45.9 Å². The zero-order valence-corrected chi connectivity index (χ0v) is 9.54. The fraction of sp³-hybridized carbons (Fsp3) is 0.0769. The summed E-state index contributed by atoms with van der Waals surface area (Å²) in [5, 5.41) is 13.5. The van der Waals surface area contributed by atoms with Crippen LogP contribution in [0.4, 0.5) is 0 Å². The standard InChI is InChI=1S/C13H10O2S/c1-16-13-12(14)10-6-8-4-2-3-5-9(8)7-11(10)15-13/h2-7,14H,1H3. The molecule has 1 N–H and O–H groups in total. The first kappa shape index (κ1) is 9.60. The molecule has 2 nitrogen and oxygen atoms in total. The molecule has 3 aromatic rings. The molecule has 1 heterocycles. The van der Waals surface area contributed by atoms with Crippen LogP contribution in [0.3, 0.4) is 0 Å². The van der Waals surface area contributed by atoms with Crippen molar-refractivity contribution in [3.8, 4) is 5.75 Å². The van der Waals surface area contributed by atoms with Gasteiger partial charge in [0.15, 0.2) is 5.75 Å². The maximum Gasteiger partial charge on any atom is 0.203 e. The molecule has 16 heavy (non-hydrogen) atoms. The lowest BCUT2D eigenvalue weighted by atomic mass is 10.1. The Morgan fingerprint density at radius 3 is 2.50 bits per heavy atom. The molecule has 0 radical (unpaired) electrons. The fourth-order valence-corrected chi connectivity index (χ4v) is 2.36. The van der Waals surface area contributed by atoms with Crippen LogP contribution < -0.4 is 0 Å². The Labute approximate surface area is 96.9 Å². The van der Waals surface area contributed by atoms with Crippen molar-refractivity contribution in [3.05, 3.63) is 36.4 Å². The average Bonchev–Trinajstić information content (AvgIpc) is 2.63. The fourth-order valence-electron chi connectivity index (χ4n) is 1.89. The summed E-state index contributed by atoms with van der Waals surface area (Å²) in [6, 6.07) is 12.0. The molecule has 2 aromatic carbocycles. The molecule has 1 aromatic heterocycles. The number of hydrogen-bond acceptors (Lipinski definition) is 3. The van der Waals surface area contributed by atoms with E-state index in [-0.39, 0.29) is 5.75 Å². The average molecular weight is 230 g/mol. The van der Waals surface area contributed by atoms with E-state index in [0.717, 1.165) is 21.7 Å². The number of aromatic hydroxyl groups is 1. The molecule has 0 atom stereocenters. The van der Waals surface area contributed by atoms with Crippen LogP contribution >= 0.6 is 11.8 Å². The van der Waals surface area contributed by atoms with Gasteiger partial charge in [-0.25, -0.2) is 0 Å². The molecule has 0 aliphatic heterocycles. The molecule has 0 saturated carbocycles. The molecule has 0 bridgehead atoms. The van der Waals surface area contributed by atoms with Gasteiger partial charge in [0.25, 0.3) is 0 Å². The smallest absolute Gasteiger partial charge is 0.203 e. The van der Waals surface area contributed by atoms with Gasteiger partial charge in [-0.05, 0) is 29.2 Å². The third-order valence-electron chi connectivity index (χ3n) is 2.68. The highest BCUT2D eigenvalue weighted by Crippen LogP contribution is 2.39. The van der Waals surface area contributed by atoms with Gasteiger partial charge in [0.1, 0.15) is 5.58 Å². The maximum absolute atomic E-state index is 9.93. The van der Waals surface area contributed by atoms with Crippen molar-refractivity contribution in [1.82, 2.24) is 0 Å². The number of furan rings is 1. The van der Waals surface area contributed by atoms with Gasteiger partial charge in [0.05, 0.1) is 5.39 Å². The SMILES string of the molecule is CSc1oc2cc3ccccc3cc2c1O. The molecule has 0 saturated heterocycles. The summed E-state index contributed by atoms with van der Waals surface area (Å²) in [6.45, 7) is 0. The van der Waals surface area contributed by atoms with Crippen LogP contribution in [0.5, 0.6) is 5.75 Å². The van der Waals surface area contributed by atoms with Gasteiger partial charge in [0, 0.05) is 0 Å². The van der Waals surface area contributed by atoms with Crippen LogP contribution in [0, 0.1) is 0 Å². The normalized spacial score (nSPS) is 11.3. The Bertz CT molecular complexity index is 670. The Kier molecular flexibility index (Phi) is 2.07. The predicted molar refractivity (Wildman–Crippen MR) is 67.2 cm³/mol. The van der Waals surface area contributed by atoms with E-state index in [9.17, 15) is 5.11 Å². The first-order valence-electron chi connectivity index (χ1n) is 4.98. The van der Waals surface area contributed by atoms with E-state index in [1.165, 1.54) is 11.8 Å². The molecule has 3 rings (SSSR count). The van der Waals surface area contributed by atoms with Crippen LogP contribution in [0.1, 0.15) is 0 Å². The second-order valence-corrected chi connectivity index (χ2v) is 4.42. The van der Waals surface area contributed by atoms with Crippen LogP contribution in [0.25, 0.3) is 21.7 Å². The Hall–Kier alpha value is -1.61. The first-order chi connectivity index (χ1) is 7.79. The first-order valence-corrected chi connectivity index (χ1v) is 6.20. The van der Waals surface area contributed by atoms with E-state index in [2.05, 4.69) is 0 Å². The molecule has 0 fully saturated rings. The summed E-state index contributed by atoms with van der Waals surface area (Å²) in [7, 11) is 0. The quantitative estimate of drug-likeness (QED) is 0.641. The van der Waals surface area contributed by atoms with Gasteiger partial charge in [-0.1, -0.05) is 36.0 Å². The van der Waals surface area contributed by atoms with Crippen molar-refractivity contribution in [1.29, 1.82) is 0 Å². The van der Waals surface area contributed by atoms with Crippen LogP contribution in [-0.4, -0.2) is 11.4 Å². The minimum absolute atomic E-state index is 0.244. The van der Waals surface area contributed by atoms with Crippen molar-refractivity contribution >= 4 is 33.5 Å². The molecule has 0 spiro atoms. The highest BCUT2D eigenvalue weighted by Gasteiger charge is 2.12. The summed E-state index contributed by atoms with van der Waals surface area (Å²) in [5.41, 5.74) is 0.737. The van der Waals surface area contributed by atoms with Crippen LogP contribution in [-0.2, 0) is 0 Å². The number of hydrogen-bond donors (Lipinski definition) is 1. The highest BCUT2D eigenvalue weighted by molar-refractivity contribution is 7.98. The summed E-state index contributed by atoms with van der Waals surface area (Å²) in [6.07, 6.45) is 1.89. The van der Waals surface area contributed by atoms with E-state index in [1.54, 1.807) is 0 Å². The zero-order chi connectivity index (χ0) is 11.1. The minimum Gasteiger partial charge on any atom is -0.503 e. The molecule has 80 valence electrons. The van der Waals surface area contributed by atoms with E-state index in [1.807, 2.05) is 42.7 Å². The van der Waals surface area contributed by atoms with Crippen molar-refractivity contribution in [2.24, 2.45) is 0 Å². The molecule has 0 unspecified atom stereocenters. The van der Waals surface area contributed by atoms with E-state index in [0.29, 0.717) is 5.09 Å². The molecular formula is C13H10O2S. The topological polar surface area (TPSA) is 33.4 Å². The van der Waals surface area contributed by atoms with E-state index in [4.69, 9.17) is 4.42 Å². The number of fused-ring (bicyclic) bond motifs is 2. The van der Waals surface area contributed by atoms with Gasteiger partial charge in [-0.3, -0.25) is 0 Å².